The summed E-state index contributed by atoms with van der Waals surface area (Å²) < 4.78 is 13.4. The second-order valence-electron chi connectivity index (χ2n) is 5.64. The maximum Gasteiger partial charge on any atom is 0.307 e. The van der Waals surface area contributed by atoms with Crippen molar-refractivity contribution in [3.63, 3.8) is 0 Å². The predicted molar refractivity (Wildman–Crippen MR) is 100 cm³/mol. The number of halogens is 2. The number of aromatic nitrogens is 4. The molecule has 8 nitrogen and oxygen atoms in total. The lowest BCUT2D eigenvalue weighted by Gasteiger charge is -2.09. The van der Waals surface area contributed by atoms with Crippen molar-refractivity contribution < 1.29 is 14.3 Å². The van der Waals surface area contributed by atoms with E-state index in [-0.39, 0.29) is 31.7 Å². The Morgan fingerprint density at radius 1 is 1.26 bits per heavy atom. The Kier molecular flexibility index (Phi) is 5.98. The van der Waals surface area contributed by atoms with Crippen molar-refractivity contribution in [2.24, 2.45) is 7.05 Å². The summed E-state index contributed by atoms with van der Waals surface area (Å²) in [5.41, 5.74) is 0.249. The molecule has 10 heteroatoms. The molecule has 0 fully saturated rings. The van der Waals surface area contributed by atoms with Crippen molar-refractivity contribution in [1.29, 1.82) is 0 Å². The number of nitrogens with zero attached hydrogens (tertiary/aromatic N) is 4. The van der Waals surface area contributed by atoms with E-state index in [1.807, 2.05) is 0 Å². The van der Waals surface area contributed by atoms with Crippen LogP contribution in [-0.2, 0) is 23.1 Å². The highest BCUT2D eigenvalue weighted by Gasteiger charge is 2.10. The van der Waals surface area contributed by atoms with E-state index in [1.54, 1.807) is 25.2 Å². The second-order valence-corrected chi connectivity index (χ2v) is 6.49. The number of hydrogen-bond donors (Lipinski definition) is 0. The monoisotopic (exact) mass is 410 g/mol. The van der Waals surface area contributed by atoms with Gasteiger partial charge in [0.1, 0.15) is 24.3 Å². The number of aryl methyl sites for hydroxylation is 2. The normalized spacial score (nSPS) is 10.9. The van der Waals surface area contributed by atoms with Crippen LogP contribution in [0.3, 0.4) is 0 Å². The van der Waals surface area contributed by atoms with Crippen LogP contribution in [-0.4, -0.2) is 38.5 Å². The van der Waals surface area contributed by atoms with Gasteiger partial charge >= 0.3 is 5.97 Å². The number of hydrogen-bond acceptors (Lipinski definition) is 6. The molecular weight excluding hydrogens is 395 g/mol. The number of benzene rings is 1. The van der Waals surface area contributed by atoms with Crippen molar-refractivity contribution in [3.05, 3.63) is 51.1 Å². The third-order valence-corrected chi connectivity index (χ3v) is 4.30. The van der Waals surface area contributed by atoms with E-state index >= 15 is 0 Å². The van der Waals surface area contributed by atoms with Gasteiger partial charge in [0.05, 0.1) is 24.0 Å². The fraction of sp³-hybridized carbons (Fsp3) is 0.294. The van der Waals surface area contributed by atoms with Crippen LogP contribution in [0.4, 0.5) is 0 Å². The van der Waals surface area contributed by atoms with Crippen LogP contribution in [0.25, 0.3) is 11.0 Å². The van der Waals surface area contributed by atoms with Gasteiger partial charge in [-0.15, -0.1) is 0 Å². The Morgan fingerprint density at radius 3 is 2.85 bits per heavy atom. The van der Waals surface area contributed by atoms with Gasteiger partial charge in [0, 0.05) is 18.6 Å². The molecule has 0 spiro atoms. The van der Waals surface area contributed by atoms with Gasteiger partial charge in [0.25, 0.3) is 5.56 Å². The van der Waals surface area contributed by atoms with Crippen LogP contribution < -0.4 is 10.3 Å². The minimum Gasteiger partial charge on any atom is -0.488 e. The van der Waals surface area contributed by atoms with E-state index in [1.165, 1.54) is 21.8 Å². The van der Waals surface area contributed by atoms with Crippen molar-refractivity contribution >= 4 is 40.2 Å². The summed E-state index contributed by atoms with van der Waals surface area (Å²) in [6.45, 7) is 0.377. The molecule has 2 heterocycles. The number of rotatable bonds is 7. The lowest BCUT2D eigenvalue weighted by Crippen LogP contribution is -2.23. The van der Waals surface area contributed by atoms with Crippen LogP contribution in [0.2, 0.25) is 10.0 Å². The molecule has 0 saturated carbocycles. The Morgan fingerprint density at radius 2 is 2.07 bits per heavy atom. The van der Waals surface area contributed by atoms with Gasteiger partial charge in [-0.1, -0.05) is 23.2 Å². The zero-order chi connectivity index (χ0) is 19.4. The fourth-order valence-corrected chi connectivity index (χ4v) is 2.87. The Balaban J connectivity index is 1.46. The first-order chi connectivity index (χ1) is 13.0. The summed E-state index contributed by atoms with van der Waals surface area (Å²) in [7, 11) is 1.70. The molecule has 0 atom stereocenters. The summed E-state index contributed by atoms with van der Waals surface area (Å²) in [4.78, 5) is 28.3. The summed E-state index contributed by atoms with van der Waals surface area (Å²) in [5.74, 6) is 0.0125. The highest BCUT2D eigenvalue weighted by Crippen LogP contribution is 2.27. The molecule has 0 N–H and O–H groups in total. The highest BCUT2D eigenvalue weighted by molar-refractivity contribution is 6.35. The molecule has 3 rings (SSSR count). The van der Waals surface area contributed by atoms with Crippen molar-refractivity contribution in [1.82, 2.24) is 19.3 Å². The maximum absolute atomic E-state index is 12.3. The van der Waals surface area contributed by atoms with Crippen molar-refractivity contribution in [2.75, 3.05) is 13.2 Å². The van der Waals surface area contributed by atoms with Gasteiger partial charge in [-0.25, -0.2) is 4.98 Å². The summed E-state index contributed by atoms with van der Waals surface area (Å²) in [6, 6.07) is 4.86. The smallest absolute Gasteiger partial charge is 0.307 e. The quantitative estimate of drug-likeness (QED) is 0.439. The average molecular weight is 411 g/mol. The molecule has 0 aliphatic rings. The van der Waals surface area contributed by atoms with E-state index in [4.69, 9.17) is 32.7 Å². The lowest BCUT2D eigenvalue weighted by molar-refractivity contribution is -0.144. The van der Waals surface area contributed by atoms with E-state index < -0.39 is 5.97 Å². The molecule has 0 amide bonds. The summed E-state index contributed by atoms with van der Waals surface area (Å²) in [5, 5.41) is 5.29. The number of fused-ring (bicyclic) bond motifs is 1. The highest BCUT2D eigenvalue weighted by atomic mass is 35.5. The van der Waals surface area contributed by atoms with E-state index in [9.17, 15) is 9.59 Å². The molecule has 0 unspecified atom stereocenters. The minimum atomic E-state index is -0.445. The maximum atomic E-state index is 12.3. The number of carbonyl (C=O) groups excluding carboxylic acids is 1. The van der Waals surface area contributed by atoms with Crippen LogP contribution in [0.15, 0.2) is 35.5 Å². The van der Waals surface area contributed by atoms with Crippen LogP contribution in [0.1, 0.15) is 6.42 Å². The molecule has 142 valence electrons. The zero-order valence-electron chi connectivity index (χ0n) is 14.4. The van der Waals surface area contributed by atoms with E-state index in [0.29, 0.717) is 26.8 Å². The first-order valence-corrected chi connectivity index (χ1v) is 8.82. The van der Waals surface area contributed by atoms with Gasteiger partial charge in [-0.05, 0) is 18.2 Å². The van der Waals surface area contributed by atoms with Gasteiger partial charge in [0.2, 0.25) is 0 Å². The van der Waals surface area contributed by atoms with Gasteiger partial charge in [0.15, 0.2) is 5.65 Å². The molecule has 2 aromatic heterocycles. The average Bonchev–Trinajstić information content (AvgIpc) is 3.01. The molecule has 0 radical (unpaired) electrons. The van der Waals surface area contributed by atoms with E-state index in [2.05, 4.69) is 10.1 Å². The Bertz CT molecular complexity index is 1030. The van der Waals surface area contributed by atoms with Crippen LogP contribution in [0.5, 0.6) is 5.75 Å². The lowest BCUT2D eigenvalue weighted by atomic mass is 10.3. The van der Waals surface area contributed by atoms with Crippen molar-refractivity contribution in [3.8, 4) is 5.75 Å². The zero-order valence-corrected chi connectivity index (χ0v) is 15.9. The Labute approximate surface area is 164 Å². The van der Waals surface area contributed by atoms with E-state index in [0.717, 1.165) is 0 Å². The number of ether oxygens (including phenoxy) is 2. The second kappa shape index (κ2) is 8.41. The molecule has 27 heavy (non-hydrogen) atoms. The third-order valence-electron chi connectivity index (χ3n) is 3.77. The fourth-order valence-electron chi connectivity index (χ4n) is 2.41. The number of carbonyl (C=O) groups is 1. The molecule has 0 aliphatic heterocycles. The third kappa shape index (κ3) is 4.58. The minimum absolute atomic E-state index is 0.0368. The summed E-state index contributed by atoms with van der Waals surface area (Å²) in [6.07, 6.45) is 2.89. The predicted octanol–water partition coefficient (Wildman–Crippen LogP) is 2.45. The SMILES string of the molecule is Cn1ncc2c(=O)n(CCC(=O)OCCOc3ccc(Cl)cc3Cl)cnc21. The van der Waals surface area contributed by atoms with Crippen LogP contribution >= 0.6 is 23.2 Å². The van der Waals surface area contributed by atoms with Crippen LogP contribution in [0, 0.1) is 0 Å². The van der Waals surface area contributed by atoms with Gasteiger partial charge < -0.3 is 9.47 Å². The first-order valence-electron chi connectivity index (χ1n) is 8.06. The van der Waals surface area contributed by atoms with Crippen molar-refractivity contribution in [2.45, 2.75) is 13.0 Å². The Hall–Kier alpha value is -2.58. The standard InChI is InChI=1S/C17H16Cl2N4O4/c1-22-16-12(9-21-22)17(25)23(10-20-16)5-4-15(24)27-7-6-26-14-3-2-11(18)8-13(14)19/h2-3,8-10H,4-7H2,1H3. The molecule has 0 aliphatic carbocycles. The number of esters is 1. The largest absolute Gasteiger partial charge is 0.488 e. The van der Waals surface area contributed by atoms with Gasteiger partial charge in [-0.2, -0.15) is 5.10 Å². The van der Waals surface area contributed by atoms with Gasteiger partial charge in [-0.3, -0.25) is 18.8 Å². The topological polar surface area (TPSA) is 88.2 Å². The summed E-state index contributed by atoms with van der Waals surface area (Å²) >= 11 is 11.8. The molecule has 0 bridgehead atoms. The first kappa shape index (κ1) is 19.2. The molecule has 1 aromatic carbocycles. The molecule has 3 aromatic rings. The molecular formula is C17H16Cl2N4O4. The molecule has 0 saturated heterocycles.